The van der Waals surface area contributed by atoms with Gasteiger partial charge in [0.05, 0.1) is 0 Å². The van der Waals surface area contributed by atoms with E-state index in [-0.39, 0.29) is 11.6 Å². The van der Waals surface area contributed by atoms with E-state index in [0.29, 0.717) is 17.5 Å². The van der Waals surface area contributed by atoms with Crippen molar-refractivity contribution in [3.05, 3.63) is 34.3 Å². The van der Waals surface area contributed by atoms with E-state index >= 15 is 0 Å². The lowest BCUT2D eigenvalue weighted by molar-refractivity contribution is -0.147. The molecule has 2 aliphatic heterocycles. The third-order valence-electron chi connectivity index (χ3n) is 4.23. The number of aliphatic hydroxyl groups excluding tert-OH is 2. The quantitative estimate of drug-likeness (QED) is 0.459. The van der Waals surface area contributed by atoms with Crippen LogP contribution < -0.4 is 16.7 Å². The van der Waals surface area contributed by atoms with Crippen LogP contribution in [0.3, 0.4) is 0 Å². The molecule has 3 heterocycles. The number of carbonyl (C=O) groups excluding carboxylic acids is 1. The van der Waals surface area contributed by atoms with Crippen LogP contribution in [-0.4, -0.2) is 51.0 Å². The first kappa shape index (κ1) is 17.7. The van der Waals surface area contributed by atoms with E-state index in [1.54, 1.807) is 6.07 Å². The van der Waals surface area contributed by atoms with Crippen LogP contribution in [0.4, 0.5) is 5.82 Å². The van der Waals surface area contributed by atoms with Crippen LogP contribution in [0.5, 0.6) is 0 Å². The summed E-state index contributed by atoms with van der Waals surface area (Å²) in [7, 11) is 0. The molecule has 0 saturated carbocycles. The Hall–Kier alpha value is -3.10. The van der Waals surface area contributed by atoms with Crippen molar-refractivity contribution >= 4 is 11.8 Å². The molecule has 3 rings (SSSR count). The number of hydrogen-bond donors (Lipinski definition) is 4. The van der Waals surface area contributed by atoms with Crippen molar-refractivity contribution < 1.29 is 24.5 Å². The van der Waals surface area contributed by atoms with Crippen LogP contribution in [-0.2, 0) is 20.0 Å². The predicted molar refractivity (Wildman–Crippen MR) is 85.2 cm³/mol. The van der Waals surface area contributed by atoms with Gasteiger partial charge in [0.2, 0.25) is 0 Å². The molecule has 1 unspecified atom stereocenters. The summed E-state index contributed by atoms with van der Waals surface area (Å²) in [5.41, 5.74) is 2.17. The van der Waals surface area contributed by atoms with Gasteiger partial charge in [-0.05, 0) is 25.5 Å². The molecule has 1 aromatic rings. The average molecular weight is 363 g/mol. The number of esters is 1. The molecule has 11 nitrogen and oxygen atoms in total. The highest BCUT2D eigenvalue weighted by Gasteiger charge is 2.53. The minimum atomic E-state index is -2.28. The molecular weight excluding hydrogens is 346 g/mol. The Kier molecular flexibility index (Phi) is 4.54. The molecule has 11 heteroatoms. The molecule has 138 valence electrons. The van der Waals surface area contributed by atoms with Gasteiger partial charge in [0.25, 0.3) is 0 Å². The summed E-state index contributed by atoms with van der Waals surface area (Å²) < 4.78 is 11.1. The summed E-state index contributed by atoms with van der Waals surface area (Å²) in [6.45, 7) is 0.202. The maximum absolute atomic E-state index is 12.0. The fourth-order valence-electron chi connectivity index (χ4n) is 2.85. The summed E-state index contributed by atoms with van der Waals surface area (Å²) in [5, 5.41) is 32.8. The molecule has 0 aliphatic carbocycles. The number of anilines is 1. The topological polar surface area (TPSA) is 173 Å². The second-order valence-corrected chi connectivity index (χ2v) is 5.88. The standard InChI is InChI=1S/C15H17N5O6/c16-7-15(20-5-3-10(17)19-14(20)24)12(22)11(21)9(26-15)6-25-13(23)8-2-1-4-18-8/h3,5,8,12,18,21-22H,1-2,4,6H2,(H2,17,19,24)/t8-,12?,15-/m1/s1. The number of hydrogen-bond acceptors (Lipinski definition) is 10. The molecule has 3 atom stereocenters. The van der Waals surface area contributed by atoms with Crippen LogP contribution in [0, 0.1) is 11.3 Å². The number of ether oxygens (including phenoxy) is 2. The van der Waals surface area contributed by atoms with Crippen molar-refractivity contribution in [1.82, 2.24) is 14.9 Å². The van der Waals surface area contributed by atoms with Crippen LogP contribution in [0.1, 0.15) is 12.8 Å². The van der Waals surface area contributed by atoms with Crippen molar-refractivity contribution in [1.29, 1.82) is 5.26 Å². The lowest BCUT2D eigenvalue weighted by Gasteiger charge is -2.26. The monoisotopic (exact) mass is 363 g/mol. The largest absolute Gasteiger partial charge is 0.506 e. The maximum Gasteiger partial charge on any atom is 0.353 e. The van der Waals surface area contributed by atoms with Gasteiger partial charge in [-0.25, -0.2) is 9.36 Å². The Labute approximate surface area is 147 Å². The summed E-state index contributed by atoms with van der Waals surface area (Å²) in [4.78, 5) is 27.4. The summed E-state index contributed by atoms with van der Waals surface area (Å²) >= 11 is 0. The number of aliphatic hydroxyl groups is 2. The minimum Gasteiger partial charge on any atom is -0.506 e. The highest BCUT2D eigenvalue weighted by Crippen LogP contribution is 2.36. The minimum absolute atomic E-state index is 0.0813. The molecule has 0 amide bonds. The van der Waals surface area contributed by atoms with E-state index < -0.39 is 41.9 Å². The van der Waals surface area contributed by atoms with Crippen molar-refractivity contribution in [3.8, 4) is 6.07 Å². The van der Waals surface area contributed by atoms with Crippen LogP contribution in [0.15, 0.2) is 28.6 Å². The second kappa shape index (κ2) is 6.66. The number of nitriles is 1. The molecule has 1 aromatic heterocycles. The van der Waals surface area contributed by atoms with Gasteiger partial charge in [-0.2, -0.15) is 10.2 Å². The summed E-state index contributed by atoms with van der Waals surface area (Å²) in [6, 6.07) is 2.45. The van der Waals surface area contributed by atoms with Crippen molar-refractivity contribution in [2.75, 3.05) is 18.9 Å². The molecule has 5 N–H and O–H groups in total. The molecule has 0 aromatic carbocycles. The van der Waals surface area contributed by atoms with Gasteiger partial charge in [0, 0.05) is 6.20 Å². The van der Waals surface area contributed by atoms with Crippen molar-refractivity contribution in [2.45, 2.75) is 30.7 Å². The number of nitrogens with two attached hydrogens (primary N) is 1. The number of aromatic nitrogens is 2. The number of nitrogens with zero attached hydrogens (tertiary/aromatic N) is 3. The fraction of sp³-hybridized carbons (Fsp3) is 0.467. The zero-order valence-corrected chi connectivity index (χ0v) is 13.6. The van der Waals surface area contributed by atoms with Crippen LogP contribution in [0.2, 0.25) is 0 Å². The van der Waals surface area contributed by atoms with E-state index in [1.807, 2.05) is 0 Å². The molecule has 0 bridgehead atoms. The van der Waals surface area contributed by atoms with E-state index in [9.17, 15) is 25.1 Å². The number of nitrogen functional groups attached to an aromatic ring is 1. The molecule has 26 heavy (non-hydrogen) atoms. The van der Waals surface area contributed by atoms with Crippen molar-refractivity contribution in [3.63, 3.8) is 0 Å². The molecule has 2 aliphatic rings. The van der Waals surface area contributed by atoms with Crippen LogP contribution in [0.25, 0.3) is 0 Å². The van der Waals surface area contributed by atoms with Crippen molar-refractivity contribution in [2.24, 2.45) is 0 Å². The highest BCUT2D eigenvalue weighted by atomic mass is 16.6. The van der Waals surface area contributed by atoms with Gasteiger partial charge in [0.15, 0.2) is 24.2 Å². The Morgan fingerprint density at radius 1 is 1.65 bits per heavy atom. The Balaban J connectivity index is 1.80. The normalized spacial score (nSPS) is 27.8. The first-order valence-corrected chi connectivity index (χ1v) is 7.85. The van der Waals surface area contributed by atoms with E-state index in [2.05, 4.69) is 10.3 Å². The second-order valence-electron chi connectivity index (χ2n) is 5.88. The Bertz CT molecular complexity index is 853. The zero-order valence-electron chi connectivity index (χ0n) is 13.6. The maximum atomic E-state index is 12.0. The van der Waals surface area contributed by atoms with E-state index in [1.165, 1.54) is 6.07 Å². The lowest BCUT2D eigenvalue weighted by atomic mass is 10.1. The Morgan fingerprint density at radius 2 is 2.42 bits per heavy atom. The molecule has 0 radical (unpaired) electrons. The molecule has 1 saturated heterocycles. The Morgan fingerprint density at radius 3 is 3.04 bits per heavy atom. The molecule has 0 spiro atoms. The average Bonchev–Trinajstić information content (AvgIpc) is 3.23. The number of nitrogens with one attached hydrogen (secondary N) is 1. The summed E-state index contributed by atoms with van der Waals surface area (Å²) in [6.07, 6.45) is 0.700. The van der Waals surface area contributed by atoms with Gasteiger partial charge in [-0.3, -0.25) is 4.79 Å². The first-order valence-electron chi connectivity index (χ1n) is 7.85. The smallest absolute Gasteiger partial charge is 0.353 e. The van der Waals surface area contributed by atoms with Gasteiger partial charge in [-0.15, -0.1) is 0 Å². The number of carbonyl (C=O) groups is 1. The van der Waals surface area contributed by atoms with E-state index in [0.717, 1.165) is 12.6 Å². The first-order chi connectivity index (χ1) is 12.4. The van der Waals surface area contributed by atoms with Gasteiger partial charge >= 0.3 is 17.4 Å². The number of rotatable bonds is 4. The third kappa shape index (κ3) is 2.85. The van der Waals surface area contributed by atoms with Gasteiger partial charge in [0.1, 0.15) is 17.9 Å². The van der Waals surface area contributed by atoms with E-state index in [4.69, 9.17) is 15.2 Å². The predicted octanol–water partition coefficient (Wildman–Crippen LogP) is -1.54. The molecular formula is C15H17N5O6. The third-order valence-corrected chi connectivity index (χ3v) is 4.23. The van der Waals surface area contributed by atoms with Gasteiger partial charge in [-0.1, -0.05) is 0 Å². The lowest BCUT2D eigenvalue weighted by Crippen LogP contribution is -2.48. The zero-order chi connectivity index (χ0) is 18.9. The highest BCUT2D eigenvalue weighted by molar-refractivity contribution is 5.76. The summed E-state index contributed by atoms with van der Waals surface area (Å²) in [5.74, 6) is -1.65. The van der Waals surface area contributed by atoms with Crippen LogP contribution >= 0.6 is 0 Å². The fourth-order valence-corrected chi connectivity index (χ4v) is 2.85. The van der Waals surface area contributed by atoms with Gasteiger partial charge < -0.3 is 30.7 Å². The molecule has 1 fully saturated rings. The SMILES string of the molecule is N#C[C@@]1(n2ccc(N)nc2=O)OC(COC(=O)[C@H]2CCCN2)=C(O)C1O.